The Morgan fingerprint density at radius 3 is 2.13 bits per heavy atom. The minimum absolute atomic E-state index is 0.298. The standard InChI is InChI=1S/C14H12O/c1-2-11-7-3-4-8-12(11)13-9-5-6-10-14(13)15/h2-10,15H,1H2. The molecule has 0 amide bonds. The topological polar surface area (TPSA) is 20.2 Å². The van der Waals surface area contributed by atoms with Gasteiger partial charge in [0, 0.05) is 5.56 Å². The molecule has 0 radical (unpaired) electrons. The van der Waals surface area contributed by atoms with E-state index in [0.717, 1.165) is 16.7 Å². The number of hydrogen-bond donors (Lipinski definition) is 1. The maximum absolute atomic E-state index is 9.75. The second-order valence-electron chi connectivity index (χ2n) is 3.31. The molecule has 0 atom stereocenters. The lowest BCUT2D eigenvalue weighted by atomic mass is 9.99. The van der Waals surface area contributed by atoms with Gasteiger partial charge in [-0.1, -0.05) is 55.1 Å². The fourth-order valence-electron chi connectivity index (χ4n) is 1.62. The van der Waals surface area contributed by atoms with E-state index >= 15 is 0 Å². The van der Waals surface area contributed by atoms with Gasteiger partial charge in [-0.2, -0.15) is 0 Å². The van der Waals surface area contributed by atoms with Crippen molar-refractivity contribution in [3.8, 4) is 16.9 Å². The molecule has 0 aliphatic rings. The Labute approximate surface area is 89.3 Å². The zero-order valence-corrected chi connectivity index (χ0v) is 8.35. The first-order valence-electron chi connectivity index (χ1n) is 4.83. The quantitative estimate of drug-likeness (QED) is 0.776. The van der Waals surface area contributed by atoms with Crippen LogP contribution in [0.2, 0.25) is 0 Å². The number of phenolic OH excluding ortho intramolecular Hbond substituents is 1. The molecule has 0 saturated carbocycles. The summed E-state index contributed by atoms with van der Waals surface area (Å²) in [5, 5.41) is 9.75. The fraction of sp³-hybridized carbons (Fsp3) is 0. The van der Waals surface area contributed by atoms with E-state index in [-0.39, 0.29) is 0 Å². The van der Waals surface area contributed by atoms with Crippen molar-refractivity contribution >= 4 is 6.08 Å². The van der Waals surface area contributed by atoms with E-state index in [4.69, 9.17) is 0 Å². The Balaban J connectivity index is 2.64. The average Bonchev–Trinajstić information content (AvgIpc) is 2.30. The predicted octanol–water partition coefficient (Wildman–Crippen LogP) is 3.70. The van der Waals surface area contributed by atoms with Crippen LogP contribution in [0.1, 0.15) is 5.56 Å². The van der Waals surface area contributed by atoms with Crippen LogP contribution in [-0.2, 0) is 0 Å². The Hall–Kier alpha value is -2.02. The molecule has 0 saturated heterocycles. The molecule has 2 rings (SSSR count). The number of para-hydroxylation sites is 1. The summed E-state index contributed by atoms with van der Waals surface area (Å²) in [6, 6.07) is 15.2. The van der Waals surface area contributed by atoms with Gasteiger partial charge in [-0.25, -0.2) is 0 Å². The predicted molar refractivity (Wildman–Crippen MR) is 63.6 cm³/mol. The second kappa shape index (κ2) is 4.01. The van der Waals surface area contributed by atoms with E-state index in [1.165, 1.54) is 0 Å². The molecule has 0 aromatic heterocycles. The van der Waals surface area contributed by atoms with Crippen molar-refractivity contribution in [1.82, 2.24) is 0 Å². The molecule has 0 fully saturated rings. The molecule has 0 unspecified atom stereocenters. The van der Waals surface area contributed by atoms with Crippen LogP contribution in [0.4, 0.5) is 0 Å². The Kier molecular flexibility index (Phi) is 2.55. The molecule has 15 heavy (non-hydrogen) atoms. The van der Waals surface area contributed by atoms with Crippen LogP contribution in [-0.4, -0.2) is 5.11 Å². The molecule has 2 aromatic rings. The summed E-state index contributed by atoms with van der Waals surface area (Å²) >= 11 is 0. The van der Waals surface area contributed by atoms with Gasteiger partial charge in [0.1, 0.15) is 5.75 Å². The monoisotopic (exact) mass is 196 g/mol. The van der Waals surface area contributed by atoms with E-state index in [2.05, 4.69) is 6.58 Å². The van der Waals surface area contributed by atoms with Gasteiger partial charge < -0.3 is 5.11 Å². The molecule has 1 N–H and O–H groups in total. The molecule has 0 heterocycles. The van der Waals surface area contributed by atoms with Crippen molar-refractivity contribution in [2.45, 2.75) is 0 Å². The van der Waals surface area contributed by atoms with Crippen LogP contribution < -0.4 is 0 Å². The van der Waals surface area contributed by atoms with Gasteiger partial charge in [0.25, 0.3) is 0 Å². The molecule has 2 aromatic carbocycles. The number of rotatable bonds is 2. The lowest BCUT2D eigenvalue weighted by molar-refractivity contribution is 0.477. The molecule has 0 bridgehead atoms. The highest BCUT2D eigenvalue weighted by Crippen LogP contribution is 2.31. The third kappa shape index (κ3) is 1.77. The highest BCUT2D eigenvalue weighted by Gasteiger charge is 2.05. The Morgan fingerprint density at radius 2 is 1.47 bits per heavy atom. The number of phenols is 1. The number of hydrogen-bond acceptors (Lipinski definition) is 1. The first-order chi connectivity index (χ1) is 7.33. The van der Waals surface area contributed by atoms with Crippen LogP contribution in [0.15, 0.2) is 55.1 Å². The Bertz CT molecular complexity index is 486. The first-order valence-corrected chi connectivity index (χ1v) is 4.83. The van der Waals surface area contributed by atoms with Gasteiger partial charge in [-0.3, -0.25) is 0 Å². The van der Waals surface area contributed by atoms with Crippen LogP contribution >= 0.6 is 0 Å². The van der Waals surface area contributed by atoms with E-state index in [9.17, 15) is 5.11 Å². The lowest BCUT2D eigenvalue weighted by Gasteiger charge is -2.07. The number of benzene rings is 2. The van der Waals surface area contributed by atoms with E-state index in [0.29, 0.717) is 5.75 Å². The van der Waals surface area contributed by atoms with Crippen LogP contribution in [0.25, 0.3) is 17.2 Å². The van der Waals surface area contributed by atoms with Gasteiger partial charge in [0.2, 0.25) is 0 Å². The van der Waals surface area contributed by atoms with Crippen molar-refractivity contribution in [2.24, 2.45) is 0 Å². The van der Waals surface area contributed by atoms with Gasteiger partial charge in [-0.05, 0) is 17.2 Å². The first kappa shape index (κ1) is 9.53. The molecule has 1 nitrogen and oxygen atoms in total. The molecular weight excluding hydrogens is 184 g/mol. The summed E-state index contributed by atoms with van der Waals surface area (Å²) in [4.78, 5) is 0. The summed E-state index contributed by atoms with van der Waals surface area (Å²) in [6.07, 6.45) is 1.79. The van der Waals surface area contributed by atoms with Gasteiger partial charge >= 0.3 is 0 Å². The highest BCUT2D eigenvalue weighted by molar-refractivity contribution is 5.78. The van der Waals surface area contributed by atoms with Crippen molar-refractivity contribution in [1.29, 1.82) is 0 Å². The van der Waals surface area contributed by atoms with E-state index < -0.39 is 0 Å². The summed E-state index contributed by atoms with van der Waals surface area (Å²) in [5.41, 5.74) is 2.87. The smallest absolute Gasteiger partial charge is 0.123 e. The largest absolute Gasteiger partial charge is 0.507 e. The summed E-state index contributed by atoms with van der Waals surface area (Å²) < 4.78 is 0. The van der Waals surface area contributed by atoms with Crippen molar-refractivity contribution in [3.05, 3.63) is 60.7 Å². The normalized spacial score (nSPS) is 9.87. The average molecular weight is 196 g/mol. The lowest BCUT2D eigenvalue weighted by Crippen LogP contribution is -1.82. The third-order valence-corrected chi connectivity index (χ3v) is 2.37. The summed E-state index contributed by atoms with van der Waals surface area (Å²) in [6.45, 7) is 3.77. The van der Waals surface area contributed by atoms with Crippen LogP contribution in [0.5, 0.6) is 5.75 Å². The fourth-order valence-corrected chi connectivity index (χ4v) is 1.62. The second-order valence-corrected chi connectivity index (χ2v) is 3.31. The van der Waals surface area contributed by atoms with Crippen LogP contribution in [0, 0.1) is 0 Å². The van der Waals surface area contributed by atoms with Gasteiger partial charge in [-0.15, -0.1) is 0 Å². The third-order valence-electron chi connectivity index (χ3n) is 2.37. The SMILES string of the molecule is C=Cc1ccccc1-c1ccccc1O. The van der Waals surface area contributed by atoms with Crippen molar-refractivity contribution in [3.63, 3.8) is 0 Å². The maximum Gasteiger partial charge on any atom is 0.123 e. The van der Waals surface area contributed by atoms with Crippen LogP contribution in [0.3, 0.4) is 0 Å². The molecular formula is C14H12O. The highest BCUT2D eigenvalue weighted by atomic mass is 16.3. The van der Waals surface area contributed by atoms with Crippen molar-refractivity contribution in [2.75, 3.05) is 0 Å². The Morgan fingerprint density at radius 1 is 0.867 bits per heavy atom. The molecule has 0 spiro atoms. The molecule has 0 aliphatic heterocycles. The minimum atomic E-state index is 0.298. The zero-order valence-electron chi connectivity index (χ0n) is 8.35. The maximum atomic E-state index is 9.75. The van der Waals surface area contributed by atoms with E-state index in [1.807, 2.05) is 42.5 Å². The minimum Gasteiger partial charge on any atom is -0.507 e. The summed E-state index contributed by atoms with van der Waals surface area (Å²) in [7, 11) is 0. The number of aromatic hydroxyl groups is 1. The van der Waals surface area contributed by atoms with E-state index in [1.54, 1.807) is 12.1 Å². The summed E-state index contributed by atoms with van der Waals surface area (Å²) in [5.74, 6) is 0.298. The molecule has 1 heteroatoms. The molecule has 74 valence electrons. The molecule has 0 aliphatic carbocycles. The van der Waals surface area contributed by atoms with Gasteiger partial charge in [0.15, 0.2) is 0 Å². The zero-order chi connectivity index (χ0) is 10.7. The van der Waals surface area contributed by atoms with Crippen molar-refractivity contribution < 1.29 is 5.11 Å². The van der Waals surface area contributed by atoms with Gasteiger partial charge in [0.05, 0.1) is 0 Å².